The zero-order chi connectivity index (χ0) is 7.56. The Bertz CT molecular complexity index is 240. The Morgan fingerprint density at radius 2 is 2.36 bits per heavy atom. The van der Waals surface area contributed by atoms with Crippen LogP contribution in [0.1, 0.15) is 5.82 Å². The van der Waals surface area contributed by atoms with Gasteiger partial charge >= 0.3 is 0 Å². The van der Waals surface area contributed by atoms with E-state index in [1.54, 1.807) is 0 Å². The molecule has 0 aliphatic heterocycles. The van der Waals surface area contributed by atoms with Crippen LogP contribution in [0.5, 0.6) is 0 Å². The maximum atomic E-state index is 3.68. The molecule has 62 valence electrons. The molecule has 1 aromatic rings. The summed E-state index contributed by atoms with van der Waals surface area (Å²) < 4.78 is 4.23. The number of halogens is 1. The number of rotatable bonds is 2. The van der Waals surface area contributed by atoms with Crippen LogP contribution in [0.15, 0.2) is 25.0 Å². The van der Waals surface area contributed by atoms with Crippen molar-refractivity contribution in [2.24, 2.45) is 7.05 Å². The first-order valence-electron chi connectivity index (χ1n) is 3.38. The highest BCUT2D eigenvalue weighted by Gasteiger charge is 2.04. The summed E-state index contributed by atoms with van der Waals surface area (Å²) in [6, 6.07) is 0. The minimum atomic E-state index is 0. The molecule has 0 amide bonds. The van der Waals surface area contributed by atoms with Gasteiger partial charge in [0.05, 0.1) is 7.05 Å². The van der Waals surface area contributed by atoms with Crippen molar-refractivity contribution >= 4 is 0 Å². The smallest absolute Gasteiger partial charge is 0.253 e. The zero-order valence-corrected chi connectivity index (χ0v) is 7.67. The van der Waals surface area contributed by atoms with Crippen LogP contribution in [-0.4, -0.2) is 4.57 Å². The van der Waals surface area contributed by atoms with Gasteiger partial charge in [-0.1, -0.05) is 12.7 Å². The van der Waals surface area contributed by atoms with Crippen LogP contribution < -0.4 is 17.0 Å². The molecule has 0 radical (unpaired) electrons. The molecule has 0 saturated carbocycles. The van der Waals surface area contributed by atoms with Gasteiger partial charge in [-0.3, -0.25) is 0 Å². The lowest BCUT2D eigenvalue weighted by atomic mass is 10.5. The van der Waals surface area contributed by atoms with E-state index in [1.165, 1.54) is 5.82 Å². The van der Waals surface area contributed by atoms with Crippen molar-refractivity contribution in [3.8, 4) is 0 Å². The normalized spacial score (nSPS) is 8.91. The van der Waals surface area contributed by atoms with Crippen LogP contribution in [0.4, 0.5) is 0 Å². The van der Waals surface area contributed by atoms with Gasteiger partial charge in [-0.25, -0.2) is 9.13 Å². The Labute approximate surface area is 73.6 Å². The largest absolute Gasteiger partial charge is 1.00 e. The molecule has 0 aliphatic carbocycles. The van der Waals surface area contributed by atoms with Crippen LogP contribution in [-0.2, 0) is 13.6 Å². The topological polar surface area (TPSA) is 8.81 Å². The molecule has 0 spiro atoms. The van der Waals surface area contributed by atoms with Gasteiger partial charge in [0.1, 0.15) is 18.9 Å². The highest BCUT2D eigenvalue weighted by atomic mass is 35.5. The Balaban J connectivity index is 0.000001000. The SMILES string of the molecule is C=CC[n+]1ccn(C)c1C.[Cl-]. The van der Waals surface area contributed by atoms with Gasteiger partial charge in [0, 0.05) is 6.92 Å². The molecular weight excluding hydrogens is 160 g/mol. The lowest BCUT2D eigenvalue weighted by Gasteiger charge is -1.91. The quantitative estimate of drug-likeness (QED) is 0.354. The second-order valence-electron chi connectivity index (χ2n) is 2.40. The number of hydrogen-bond donors (Lipinski definition) is 0. The van der Waals surface area contributed by atoms with Crippen LogP contribution in [0.3, 0.4) is 0 Å². The van der Waals surface area contributed by atoms with Crippen molar-refractivity contribution in [2.45, 2.75) is 13.5 Å². The van der Waals surface area contributed by atoms with E-state index in [2.05, 4.69) is 28.8 Å². The van der Waals surface area contributed by atoms with E-state index in [0.29, 0.717) is 0 Å². The van der Waals surface area contributed by atoms with Crippen molar-refractivity contribution in [1.82, 2.24) is 4.57 Å². The molecule has 2 nitrogen and oxygen atoms in total. The average Bonchev–Trinajstić information content (AvgIpc) is 2.20. The summed E-state index contributed by atoms with van der Waals surface area (Å²) in [7, 11) is 2.04. The van der Waals surface area contributed by atoms with E-state index in [1.807, 2.05) is 19.3 Å². The Morgan fingerprint density at radius 1 is 1.73 bits per heavy atom. The van der Waals surface area contributed by atoms with E-state index < -0.39 is 0 Å². The van der Waals surface area contributed by atoms with Gasteiger partial charge in [-0.2, -0.15) is 0 Å². The Kier molecular flexibility index (Phi) is 3.90. The number of nitrogens with zero attached hydrogens (tertiary/aromatic N) is 2. The molecule has 0 unspecified atom stereocenters. The number of aryl methyl sites for hydroxylation is 1. The molecule has 1 heterocycles. The lowest BCUT2D eigenvalue weighted by molar-refractivity contribution is -0.692. The summed E-state index contributed by atoms with van der Waals surface area (Å²) in [5.41, 5.74) is 0. The van der Waals surface area contributed by atoms with Gasteiger partial charge < -0.3 is 12.4 Å². The fourth-order valence-electron chi connectivity index (χ4n) is 0.931. The van der Waals surface area contributed by atoms with Gasteiger partial charge in [0.25, 0.3) is 5.82 Å². The number of aromatic nitrogens is 2. The molecule has 0 bridgehead atoms. The molecule has 0 aliphatic rings. The maximum absolute atomic E-state index is 3.68. The third-order valence-corrected chi connectivity index (χ3v) is 1.72. The summed E-state index contributed by atoms with van der Waals surface area (Å²) in [5, 5.41) is 0. The summed E-state index contributed by atoms with van der Waals surface area (Å²) >= 11 is 0. The third-order valence-electron chi connectivity index (χ3n) is 1.72. The van der Waals surface area contributed by atoms with Crippen molar-refractivity contribution in [1.29, 1.82) is 0 Å². The van der Waals surface area contributed by atoms with Crippen molar-refractivity contribution < 1.29 is 17.0 Å². The summed E-state index contributed by atoms with van der Waals surface area (Å²) in [4.78, 5) is 0. The van der Waals surface area contributed by atoms with Crippen molar-refractivity contribution in [3.63, 3.8) is 0 Å². The number of allylic oxidation sites excluding steroid dienone is 1. The molecule has 0 aromatic carbocycles. The summed E-state index contributed by atoms with van der Waals surface area (Å²) in [6.07, 6.45) is 5.99. The highest BCUT2D eigenvalue weighted by Crippen LogP contribution is 1.87. The first-order chi connectivity index (χ1) is 4.75. The number of hydrogen-bond acceptors (Lipinski definition) is 0. The maximum Gasteiger partial charge on any atom is 0.253 e. The minimum absolute atomic E-state index is 0. The molecule has 0 saturated heterocycles. The minimum Gasteiger partial charge on any atom is -1.00 e. The van der Waals surface area contributed by atoms with Crippen LogP contribution in [0.25, 0.3) is 0 Å². The van der Waals surface area contributed by atoms with Gasteiger partial charge in [0.15, 0.2) is 0 Å². The molecular formula is C8H13ClN2. The molecule has 3 heteroatoms. The molecule has 0 N–H and O–H groups in total. The van der Waals surface area contributed by atoms with E-state index in [4.69, 9.17) is 0 Å². The second-order valence-corrected chi connectivity index (χ2v) is 2.40. The Morgan fingerprint density at radius 3 is 2.73 bits per heavy atom. The Hall–Kier alpha value is -0.760. The predicted octanol–water partition coefficient (Wildman–Crippen LogP) is -2.19. The van der Waals surface area contributed by atoms with Crippen molar-refractivity contribution in [3.05, 3.63) is 30.9 Å². The fraction of sp³-hybridized carbons (Fsp3) is 0.375. The fourth-order valence-corrected chi connectivity index (χ4v) is 0.931. The van der Waals surface area contributed by atoms with Gasteiger partial charge in [-0.15, -0.1) is 0 Å². The molecule has 0 fully saturated rings. The van der Waals surface area contributed by atoms with Gasteiger partial charge in [-0.05, 0) is 0 Å². The first kappa shape index (κ1) is 10.2. The van der Waals surface area contributed by atoms with Gasteiger partial charge in [0.2, 0.25) is 0 Å². The van der Waals surface area contributed by atoms with E-state index in [9.17, 15) is 0 Å². The highest BCUT2D eigenvalue weighted by molar-refractivity contribution is 4.77. The number of imidazole rings is 1. The summed E-state index contributed by atoms with van der Waals surface area (Å²) in [5.74, 6) is 1.25. The van der Waals surface area contributed by atoms with Crippen molar-refractivity contribution in [2.75, 3.05) is 0 Å². The van der Waals surface area contributed by atoms with Crippen LogP contribution in [0.2, 0.25) is 0 Å². The van der Waals surface area contributed by atoms with E-state index >= 15 is 0 Å². The van der Waals surface area contributed by atoms with E-state index in [-0.39, 0.29) is 12.4 Å². The van der Waals surface area contributed by atoms with Crippen LogP contribution >= 0.6 is 0 Å². The average molecular weight is 173 g/mol. The standard InChI is InChI=1S/C8H13N2.ClH/c1-4-5-10-7-6-9(3)8(10)2;/h4,6-7H,1,5H2,2-3H3;1H/q+1;/p-1. The van der Waals surface area contributed by atoms with E-state index in [0.717, 1.165) is 6.54 Å². The summed E-state index contributed by atoms with van der Waals surface area (Å²) in [6.45, 7) is 6.66. The first-order valence-corrected chi connectivity index (χ1v) is 3.38. The molecule has 11 heavy (non-hydrogen) atoms. The monoisotopic (exact) mass is 172 g/mol. The zero-order valence-electron chi connectivity index (χ0n) is 6.92. The predicted molar refractivity (Wildman–Crippen MR) is 40.5 cm³/mol. The molecule has 1 aromatic heterocycles. The third kappa shape index (κ3) is 2.09. The molecule has 0 atom stereocenters. The second kappa shape index (κ2) is 4.19. The lowest BCUT2D eigenvalue weighted by Crippen LogP contribution is -3.00. The van der Waals surface area contributed by atoms with Crippen LogP contribution in [0, 0.1) is 6.92 Å². The molecule has 1 rings (SSSR count).